The van der Waals surface area contributed by atoms with Crippen LogP contribution in [0.15, 0.2) is 4.99 Å². The van der Waals surface area contributed by atoms with Crippen LogP contribution < -0.4 is 5.32 Å². The number of likely N-dealkylation sites (tertiary alicyclic amines) is 1. The minimum absolute atomic E-state index is 0. The molecular formula is C16H32IN3O2. The van der Waals surface area contributed by atoms with Crippen molar-refractivity contribution >= 4 is 35.9 Å². The van der Waals surface area contributed by atoms with Gasteiger partial charge in [-0.1, -0.05) is 19.8 Å². The molecule has 0 aromatic rings. The minimum Gasteiger partial charge on any atom is -0.466 e. The molecule has 0 saturated carbocycles. The summed E-state index contributed by atoms with van der Waals surface area (Å²) in [6, 6.07) is 0. The molecule has 6 heteroatoms. The number of rotatable bonds is 7. The number of nitrogens with one attached hydrogen (secondary N) is 1. The van der Waals surface area contributed by atoms with Crippen LogP contribution in [0, 0.1) is 5.92 Å². The van der Waals surface area contributed by atoms with E-state index in [-0.39, 0.29) is 35.9 Å². The first-order valence-electron chi connectivity index (χ1n) is 8.42. The van der Waals surface area contributed by atoms with Crippen molar-refractivity contribution in [1.82, 2.24) is 10.2 Å². The van der Waals surface area contributed by atoms with Gasteiger partial charge < -0.3 is 15.0 Å². The van der Waals surface area contributed by atoms with Gasteiger partial charge in [0.25, 0.3) is 0 Å². The molecule has 1 atom stereocenters. The maximum atomic E-state index is 11.9. The Bertz CT molecular complexity index is 337. The van der Waals surface area contributed by atoms with Gasteiger partial charge in [-0.2, -0.15) is 0 Å². The Morgan fingerprint density at radius 1 is 1.32 bits per heavy atom. The van der Waals surface area contributed by atoms with Crippen molar-refractivity contribution < 1.29 is 9.53 Å². The van der Waals surface area contributed by atoms with Crippen LogP contribution in [0.4, 0.5) is 0 Å². The van der Waals surface area contributed by atoms with Gasteiger partial charge in [0.1, 0.15) is 0 Å². The van der Waals surface area contributed by atoms with E-state index in [0.717, 1.165) is 51.4 Å². The quantitative estimate of drug-likeness (QED) is 0.224. The fourth-order valence-corrected chi connectivity index (χ4v) is 2.59. The zero-order chi connectivity index (χ0) is 15.5. The first kappa shape index (κ1) is 21.5. The van der Waals surface area contributed by atoms with E-state index in [0.29, 0.717) is 6.61 Å². The number of hydrogen-bond donors (Lipinski definition) is 1. The van der Waals surface area contributed by atoms with E-state index in [9.17, 15) is 4.79 Å². The topological polar surface area (TPSA) is 53.9 Å². The number of nitrogens with zero attached hydrogens (tertiary/aromatic N) is 2. The summed E-state index contributed by atoms with van der Waals surface area (Å²) >= 11 is 0. The van der Waals surface area contributed by atoms with E-state index in [1.165, 1.54) is 12.8 Å². The highest BCUT2D eigenvalue weighted by Crippen LogP contribution is 2.18. The van der Waals surface area contributed by atoms with Gasteiger partial charge in [0, 0.05) is 26.2 Å². The molecule has 1 rings (SSSR count). The summed E-state index contributed by atoms with van der Waals surface area (Å²) in [7, 11) is 0. The van der Waals surface area contributed by atoms with Gasteiger partial charge in [-0.15, -0.1) is 24.0 Å². The van der Waals surface area contributed by atoms with Crippen LogP contribution in [0.2, 0.25) is 0 Å². The number of aliphatic imine (C=N–C) groups is 1. The fourth-order valence-electron chi connectivity index (χ4n) is 2.59. The SMILES string of the molecule is CCCCCN=C(NCC)N1CCCC(C(=O)OCC)C1.I. The largest absolute Gasteiger partial charge is 0.466 e. The number of esters is 1. The van der Waals surface area contributed by atoms with Crippen molar-refractivity contribution in [3.63, 3.8) is 0 Å². The van der Waals surface area contributed by atoms with Crippen molar-refractivity contribution in [2.45, 2.75) is 52.9 Å². The Balaban J connectivity index is 0.00000441. The van der Waals surface area contributed by atoms with E-state index in [1.54, 1.807) is 0 Å². The molecule has 0 bridgehead atoms. The van der Waals surface area contributed by atoms with E-state index >= 15 is 0 Å². The lowest BCUT2D eigenvalue weighted by Crippen LogP contribution is -2.48. The van der Waals surface area contributed by atoms with Crippen LogP contribution in [0.3, 0.4) is 0 Å². The molecule has 0 aromatic heterocycles. The predicted octanol–water partition coefficient (Wildman–Crippen LogP) is 3.04. The molecule has 1 aliphatic rings. The van der Waals surface area contributed by atoms with Gasteiger partial charge in [0.05, 0.1) is 12.5 Å². The maximum Gasteiger partial charge on any atom is 0.310 e. The van der Waals surface area contributed by atoms with Crippen molar-refractivity contribution in [2.75, 3.05) is 32.8 Å². The van der Waals surface area contributed by atoms with Gasteiger partial charge in [0.2, 0.25) is 0 Å². The van der Waals surface area contributed by atoms with Crippen LogP contribution in [0.25, 0.3) is 0 Å². The van der Waals surface area contributed by atoms with Crippen LogP contribution in [0.1, 0.15) is 52.9 Å². The molecule has 1 saturated heterocycles. The summed E-state index contributed by atoms with van der Waals surface area (Å²) in [5.74, 6) is 0.866. The smallest absolute Gasteiger partial charge is 0.310 e. The average Bonchev–Trinajstić information content (AvgIpc) is 2.51. The molecule has 0 amide bonds. The summed E-state index contributed by atoms with van der Waals surface area (Å²) in [5.41, 5.74) is 0. The molecule has 5 nitrogen and oxygen atoms in total. The molecule has 1 N–H and O–H groups in total. The number of ether oxygens (including phenoxy) is 1. The zero-order valence-electron chi connectivity index (χ0n) is 14.3. The predicted molar refractivity (Wildman–Crippen MR) is 102 cm³/mol. The third-order valence-electron chi connectivity index (χ3n) is 3.70. The molecule has 1 aliphatic heterocycles. The highest BCUT2D eigenvalue weighted by molar-refractivity contribution is 14.0. The lowest BCUT2D eigenvalue weighted by Gasteiger charge is -2.34. The number of guanidine groups is 1. The number of unbranched alkanes of at least 4 members (excludes halogenated alkanes) is 2. The second-order valence-corrected chi connectivity index (χ2v) is 5.48. The Kier molecular flexibility index (Phi) is 12.6. The highest BCUT2D eigenvalue weighted by atomic mass is 127. The molecular weight excluding hydrogens is 393 g/mol. The van der Waals surface area contributed by atoms with Crippen LogP contribution >= 0.6 is 24.0 Å². The summed E-state index contributed by atoms with van der Waals surface area (Å²) in [6.07, 6.45) is 5.49. The number of carbonyl (C=O) groups is 1. The molecule has 0 spiro atoms. The molecule has 1 fully saturated rings. The van der Waals surface area contributed by atoms with Gasteiger partial charge >= 0.3 is 5.97 Å². The van der Waals surface area contributed by atoms with Gasteiger partial charge in [-0.3, -0.25) is 9.79 Å². The molecule has 1 heterocycles. The van der Waals surface area contributed by atoms with Crippen molar-refractivity contribution in [1.29, 1.82) is 0 Å². The van der Waals surface area contributed by atoms with E-state index < -0.39 is 0 Å². The lowest BCUT2D eigenvalue weighted by atomic mass is 9.98. The molecule has 0 aromatic carbocycles. The molecule has 0 radical (unpaired) electrons. The fraction of sp³-hybridized carbons (Fsp3) is 0.875. The summed E-state index contributed by atoms with van der Waals surface area (Å²) in [5, 5.41) is 3.34. The highest BCUT2D eigenvalue weighted by Gasteiger charge is 2.28. The monoisotopic (exact) mass is 425 g/mol. The second-order valence-electron chi connectivity index (χ2n) is 5.48. The maximum absolute atomic E-state index is 11.9. The number of halogens is 1. The standard InChI is InChI=1S/C16H31N3O2.HI/c1-4-7-8-11-18-16(17-5-2)19-12-9-10-14(13-19)15(20)21-6-3;/h14H,4-13H2,1-3H3,(H,17,18);1H. The Hall–Kier alpha value is -0.530. The summed E-state index contributed by atoms with van der Waals surface area (Å²) in [6.45, 7) is 9.99. The van der Waals surface area contributed by atoms with Crippen LogP contribution in [-0.4, -0.2) is 49.6 Å². The third-order valence-corrected chi connectivity index (χ3v) is 3.70. The third kappa shape index (κ3) is 7.65. The molecule has 22 heavy (non-hydrogen) atoms. The average molecular weight is 425 g/mol. The Morgan fingerprint density at radius 3 is 2.73 bits per heavy atom. The summed E-state index contributed by atoms with van der Waals surface area (Å²) < 4.78 is 5.16. The number of hydrogen-bond acceptors (Lipinski definition) is 3. The van der Waals surface area contributed by atoms with E-state index in [2.05, 4.69) is 24.1 Å². The van der Waals surface area contributed by atoms with Gasteiger partial charge in [0.15, 0.2) is 5.96 Å². The van der Waals surface area contributed by atoms with Crippen LogP contribution in [0.5, 0.6) is 0 Å². The first-order valence-corrected chi connectivity index (χ1v) is 8.42. The van der Waals surface area contributed by atoms with Crippen molar-refractivity contribution in [3.8, 4) is 0 Å². The molecule has 1 unspecified atom stereocenters. The Morgan fingerprint density at radius 2 is 2.09 bits per heavy atom. The van der Waals surface area contributed by atoms with Gasteiger partial charge in [-0.05, 0) is 33.1 Å². The van der Waals surface area contributed by atoms with E-state index in [1.807, 2.05) is 6.92 Å². The van der Waals surface area contributed by atoms with Crippen LogP contribution in [-0.2, 0) is 9.53 Å². The lowest BCUT2D eigenvalue weighted by molar-refractivity contribution is -0.149. The van der Waals surface area contributed by atoms with Crippen molar-refractivity contribution in [3.05, 3.63) is 0 Å². The Labute approximate surface area is 152 Å². The normalized spacial score (nSPS) is 18.6. The summed E-state index contributed by atoms with van der Waals surface area (Å²) in [4.78, 5) is 18.8. The molecule has 130 valence electrons. The number of piperidine rings is 1. The van der Waals surface area contributed by atoms with Crippen molar-refractivity contribution in [2.24, 2.45) is 10.9 Å². The minimum atomic E-state index is -0.0657. The number of carbonyl (C=O) groups excluding carboxylic acids is 1. The second kappa shape index (κ2) is 13.0. The first-order chi connectivity index (χ1) is 10.2. The van der Waals surface area contributed by atoms with E-state index in [4.69, 9.17) is 9.73 Å². The van der Waals surface area contributed by atoms with Gasteiger partial charge in [-0.25, -0.2) is 0 Å². The zero-order valence-corrected chi connectivity index (χ0v) is 16.6. The molecule has 0 aliphatic carbocycles.